The maximum Gasteiger partial charge on any atom is 0.115 e. The molecular weight excluding hydrogens is 244 g/mol. The maximum absolute atomic E-state index is 8.94. The monoisotopic (exact) mass is 270 g/mol. The fourth-order valence-corrected chi connectivity index (χ4v) is 6.44. The SMILES string of the molecule is [2H]C([2H])(C(C)(C)C)[Si](C)(c1ccccc1)c1ccccc1. The van der Waals surface area contributed by atoms with Crippen molar-refractivity contribution in [2.75, 3.05) is 0 Å². The third-order valence-electron chi connectivity index (χ3n) is 3.33. The molecule has 19 heavy (non-hydrogen) atoms. The van der Waals surface area contributed by atoms with Crippen molar-refractivity contribution < 1.29 is 2.74 Å². The molecule has 0 aromatic heterocycles. The molecule has 0 spiro atoms. The average molecular weight is 270 g/mol. The van der Waals surface area contributed by atoms with E-state index in [2.05, 4.69) is 30.8 Å². The molecule has 0 fully saturated rings. The Morgan fingerprint density at radius 1 is 0.842 bits per heavy atom. The smallest absolute Gasteiger partial charge is 0.0626 e. The predicted octanol–water partition coefficient (Wildman–Crippen LogP) is 3.93. The van der Waals surface area contributed by atoms with Crippen molar-refractivity contribution in [3.8, 4) is 0 Å². The van der Waals surface area contributed by atoms with E-state index >= 15 is 0 Å². The van der Waals surface area contributed by atoms with E-state index in [0.717, 1.165) is 10.4 Å². The minimum absolute atomic E-state index is 0.417. The maximum atomic E-state index is 8.94. The van der Waals surface area contributed by atoms with Crippen molar-refractivity contribution in [3.05, 3.63) is 60.7 Å². The van der Waals surface area contributed by atoms with Crippen LogP contribution in [0.5, 0.6) is 0 Å². The van der Waals surface area contributed by atoms with Gasteiger partial charge >= 0.3 is 0 Å². The van der Waals surface area contributed by atoms with E-state index in [1.807, 2.05) is 57.2 Å². The number of benzene rings is 2. The molecule has 0 radical (unpaired) electrons. The average Bonchev–Trinajstić information content (AvgIpc) is 2.47. The van der Waals surface area contributed by atoms with E-state index in [0.29, 0.717) is 0 Å². The first-order valence-corrected chi connectivity index (χ1v) is 9.32. The fraction of sp³-hybridized carbons (Fsp3) is 0.333. The lowest BCUT2D eigenvalue weighted by molar-refractivity contribution is 0.463. The van der Waals surface area contributed by atoms with Crippen LogP contribution in [0.1, 0.15) is 23.5 Å². The number of rotatable bonds is 3. The van der Waals surface area contributed by atoms with E-state index in [4.69, 9.17) is 2.74 Å². The molecule has 0 bridgehead atoms. The fourth-order valence-electron chi connectivity index (χ4n) is 2.60. The van der Waals surface area contributed by atoms with Gasteiger partial charge in [-0.05, 0) is 11.4 Å². The van der Waals surface area contributed by atoms with E-state index < -0.39 is 19.5 Å². The zero-order valence-electron chi connectivity index (χ0n) is 14.3. The quantitative estimate of drug-likeness (QED) is 0.742. The summed E-state index contributed by atoms with van der Waals surface area (Å²) in [6.07, 6.45) is 0. The summed E-state index contributed by atoms with van der Waals surface area (Å²) in [5.41, 5.74) is -0.417. The van der Waals surface area contributed by atoms with Crippen LogP contribution < -0.4 is 10.4 Å². The lowest BCUT2D eigenvalue weighted by Crippen LogP contribution is -2.57. The van der Waals surface area contributed by atoms with Crippen molar-refractivity contribution in [3.63, 3.8) is 0 Å². The minimum atomic E-state index is -2.53. The van der Waals surface area contributed by atoms with Gasteiger partial charge in [-0.25, -0.2) is 0 Å². The van der Waals surface area contributed by atoms with Gasteiger partial charge in [-0.1, -0.05) is 98.4 Å². The normalized spacial score (nSPS) is 14.7. The molecule has 0 unspecified atom stereocenters. The van der Waals surface area contributed by atoms with Gasteiger partial charge in [-0.2, -0.15) is 0 Å². The van der Waals surface area contributed by atoms with Gasteiger partial charge in [0.2, 0.25) is 0 Å². The third kappa shape index (κ3) is 3.36. The third-order valence-corrected chi connectivity index (χ3v) is 7.55. The summed E-state index contributed by atoms with van der Waals surface area (Å²) in [7, 11) is -2.53. The van der Waals surface area contributed by atoms with Gasteiger partial charge in [-0.15, -0.1) is 0 Å². The van der Waals surface area contributed by atoms with Crippen molar-refractivity contribution in [1.82, 2.24) is 0 Å². The molecule has 0 atom stereocenters. The zero-order valence-corrected chi connectivity index (χ0v) is 13.3. The number of hydrogen-bond donors (Lipinski definition) is 0. The highest BCUT2D eigenvalue weighted by atomic mass is 28.3. The lowest BCUT2D eigenvalue weighted by Gasteiger charge is -2.35. The van der Waals surface area contributed by atoms with Crippen molar-refractivity contribution in [2.24, 2.45) is 5.41 Å². The predicted molar refractivity (Wildman–Crippen MR) is 88.0 cm³/mol. The van der Waals surface area contributed by atoms with Gasteiger partial charge < -0.3 is 0 Å². The molecule has 2 rings (SSSR count). The van der Waals surface area contributed by atoms with Crippen LogP contribution in [0.3, 0.4) is 0 Å². The first-order chi connectivity index (χ1) is 9.71. The van der Waals surface area contributed by atoms with Crippen LogP contribution in [0.4, 0.5) is 0 Å². The highest BCUT2D eigenvalue weighted by molar-refractivity contribution is 7.01. The molecule has 0 saturated heterocycles. The summed E-state index contributed by atoms with van der Waals surface area (Å²) >= 11 is 0. The van der Waals surface area contributed by atoms with Gasteiger partial charge in [0.05, 0.1) is 0 Å². The van der Waals surface area contributed by atoms with E-state index in [1.54, 1.807) is 0 Å². The van der Waals surface area contributed by atoms with Gasteiger partial charge in [0.25, 0.3) is 0 Å². The molecule has 0 aliphatic heterocycles. The molecule has 0 heterocycles. The Labute approximate surface area is 121 Å². The minimum Gasteiger partial charge on any atom is -0.0626 e. The van der Waals surface area contributed by atoms with E-state index in [-0.39, 0.29) is 0 Å². The Hall–Kier alpha value is -1.34. The summed E-state index contributed by atoms with van der Waals surface area (Å²) in [6, 6.07) is 20.4. The molecule has 0 saturated carbocycles. The van der Waals surface area contributed by atoms with Crippen LogP contribution >= 0.6 is 0 Å². The number of hydrogen-bond acceptors (Lipinski definition) is 0. The van der Waals surface area contributed by atoms with E-state index in [9.17, 15) is 0 Å². The summed E-state index contributed by atoms with van der Waals surface area (Å²) < 4.78 is 17.9. The summed E-state index contributed by atoms with van der Waals surface area (Å²) in [6.45, 7) is 8.17. The summed E-state index contributed by atoms with van der Waals surface area (Å²) in [5, 5.41) is 2.30. The Bertz CT molecular complexity index is 546. The van der Waals surface area contributed by atoms with E-state index in [1.165, 1.54) is 0 Å². The van der Waals surface area contributed by atoms with Crippen LogP contribution in [0.25, 0.3) is 0 Å². The second-order valence-corrected chi connectivity index (χ2v) is 9.89. The Morgan fingerprint density at radius 3 is 1.53 bits per heavy atom. The molecule has 0 N–H and O–H groups in total. The molecule has 2 aromatic rings. The molecule has 1 heteroatoms. The van der Waals surface area contributed by atoms with Gasteiger partial charge in [0, 0.05) is 2.74 Å². The van der Waals surface area contributed by atoms with Crippen molar-refractivity contribution in [2.45, 2.75) is 33.3 Å². The second kappa shape index (κ2) is 5.34. The van der Waals surface area contributed by atoms with Crippen LogP contribution in [0, 0.1) is 5.41 Å². The van der Waals surface area contributed by atoms with Crippen LogP contribution in [0.15, 0.2) is 60.7 Å². The molecule has 100 valence electrons. The lowest BCUT2D eigenvalue weighted by atomic mass is 10.0. The topological polar surface area (TPSA) is 0 Å². The standard InChI is InChI=1S/C18H24Si/c1-18(2,3)15-19(4,16-11-7-5-8-12-16)17-13-9-6-10-14-17/h5-14H,15H2,1-4H3/i15D2. The Balaban J connectivity index is 2.73. The first kappa shape index (κ1) is 11.5. The largest absolute Gasteiger partial charge is 0.115 e. The summed E-state index contributed by atoms with van der Waals surface area (Å²) in [5.74, 6) is -1.26. The molecule has 2 aromatic carbocycles. The molecule has 0 nitrogen and oxygen atoms in total. The molecule has 0 aliphatic carbocycles. The van der Waals surface area contributed by atoms with Crippen molar-refractivity contribution >= 4 is 18.4 Å². The highest BCUT2D eigenvalue weighted by Gasteiger charge is 2.35. The first-order valence-electron chi connectivity index (χ1n) is 7.82. The summed E-state index contributed by atoms with van der Waals surface area (Å²) in [4.78, 5) is 0. The van der Waals surface area contributed by atoms with Gasteiger partial charge in [0.1, 0.15) is 8.07 Å². The van der Waals surface area contributed by atoms with Gasteiger partial charge in [-0.3, -0.25) is 0 Å². The Kier molecular flexibility index (Phi) is 3.23. The Morgan fingerprint density at radius 2 is 1.21 bits per heavy atom. The van der Waals surface area contributed by atoms with Crippen molar-refractivity contribution in [1.29, 1.82) is 0 Å². The van der Waals surface area contributed by atoms with Gasteiger partial charge in [0.15, 0.2) is 0 Å². The van der Waals surface area contributed by atoms with Crippen LogP contribution in [0.2, 0.25) is 12.5 Å². The van der Waals surface area contributed by atoms with Crippen LogP contribution in [-0.2, 0) is 0 Å². The molecule has 0 amide bonds. The van der Waals surface area contributed by atoms with Crippen LogP contribution in [-0.4, -0.2) is 8.07 Å². The zero-order chi connectivity index (χ0) is 15.7. The molecular formula is C18H24Si. The molecule has 0 aliphatic rings. The highest BCUT2D eigenvalue weighted by Crippen LogP contribution is 2.27. The second-order valence-electron chi connectivity index (χ2n) is 6.23.